The number of anilines is 3. The first-order chi connectivity index (χ1) is 32.6. The van der Waals surface area contributed by atoms with Crippen molar-refractivity contribution >= 4 is 81.2 Å². The van der Waals surface area contributed by atoms with Crippen molar-refractivity contribution < 1.29 is 14.4 Å². The van der Waals surface area contributed by atoms with Crippen molar-refractivity contribution in [2.75, 3.05) is 55.2 Å². The van der Waals surface area contributed by atoms with Gasteiger partial charge in [0.15, 0.2) is 0 Å². The zero-order valence-corrected chi connectivity index (χ0v) is 40.3. The molecule has 0 aliphatic carbocycles. The Morgan fingerprint density at radius 1 is 0.463 bits per heavy atom. The largest absolute Gasteiger partial charge is 0.322 e. The molecule has 1 unspecified atom stereocenters. The summed E-state index contributed by atoms with van der Waals surface area (Å²) in [6.07, 6.45) is 7.20. The highest BCUT2D eigenvalue weighted by molar-refractivity contribution is 6.42. The molecular formula is C54H56Cl4N6O3. The molecule has 3 saturated heterocycles. The van der Waals surface area contributed by atoms with E-state index in [9.17, 15) is 14.4 Å². The van der Waals surface area contributed by atoms with Gasteiger partial charge in [0.25, 0.3) is 17.7 Å². The van der Waals surface area contributed by atoms with Crippen molar-refractivity contribution in [3.05, 3.63) is 193 Å². The number of rotatable bonds is 10. The molecule has 9 nitrogen and oxygen atoms in total. The standard InChI is InChI=1S/C18H18Cl2N2O.2C18H19ClN2O/c19-16-8-5-13(10-17(16)20)18(23)22-15-6-3-12(4-7-15)14-2-1-9-21-11-14;19-16-5-3-15(4-6-16)18(22)21-17-7-1-13(2-8-17)11-14-9-10-20-12-14;19-16-5-1-3-14(11-16)18(22)21-17-8-6-13(7-9-17)15-4-2-10-20-12-15/h3-8,10,14,21H,1-2,9,11H2,(H,22,23);1-8,14,20H,9-12H2,(H,21,22);1,3,5-9,11,15,20H,2,4,10,12H2,(H,21,22)/t14-;;15-/m0.0/s1. The molecule has 6 aromatic carbocycles. The van der Waals surface area contributed by atoms with Crippen LogP contribution < -0.4 is 31.9 Å². The van der Waals surface area contributed by atoms with E-state index in [1.807, 2.05) is 36.4 Å². The molecule has 0 saturated carbocycles. The molecular weight excluding hydrogens is 922 g/mol. The molecule has 3 heterocycles. The van der Waals surface area contributed by atoms with Crippen LogP contribution in [0.15, 0.2) is 140 Å². The van der Waals surface area contributed by atoms with E-state index in [4.69, 9.17) is 46.4 Å². The molecule has 3 fully saturated rings. The summed E-state index contributed by atoms with van der Waals surface area (Å²) in [6.45, 7) is 6.51. The summed E-state index contributed by atoms with van der Waals surface area (Å²) in [4.78, 5) is 36.5. The Kier molecular flexibility index (Phi) is 18.7. The summed E-state index contributed by atoms with van der Waals surface area (Å²) < 4.78 is 0. The zero-order valence-electron chi connectivity index (χ0n) is 37.2. The van der Waals surface area contributed by atoms with E-state index >= 15 is 0 Å². The van der Waals surface area contributed by atoms with Gasteiger partial charge in [0.1, 0.15) is 0 Å². The molecule has 0 aromatic heterocycles. The molecule has 0 spiro atoms. The Labute approximate surface area is 413 Å². The van der Waals surface area contributed by atoms with Crippen LogP contribution in [0, 0.1) is 5.92 Å². The Hall–Kier alpha value is -5.23. The minimum Gasteiger partial charge on any atom is -0.322 e. The molecule has 13 heteroatoms. The van der Waals surface area contributed by atoms with Crippen molar-refractivity contribution in [2.24, 2.45) is 5.92 Å². The predicted octanol–water partition coefficient (Wildman–Crippen LogP) is 12.5. The molecule has 3 aliphatic rings. The van der Waals surface area contributed by atoms with E-state index < -0.39 is 0 Å². The van der Waals surface area contributed by atoms with Crippen LogP contribution in [0.3, 0.4) is 0 Å². The van der Waals surface area contributed by atoms with Crippen molar-refractivity contribution in [1.29, 1.82) is 0 Å². The maximum atomic E-state index is 12.2. The highest BCUT2D eigenvalue weighted by atomic mass is 35.5. The quantitative estimate of drug-likeness (QED) is 0.0813. The van der Waals surface area contributed by atoms with Crippen LogP contribution in [0.1, 0.15) is 91.7 Å². The number of hydrogen-bond donors (Lipinski definition) is 6. The second-order valence-corrected chi connectivity index (χ2v) is 18.8. The topological polar surface area (TPSA) is 123 Å². The lowest BCUT2D eigenvalue weighted by Crippen LogP contribution is -2.28. The van der Waals surface area contributed by atoms with E-state index in [1.54, 1.807) is 66.7 Å². The van der Waals surface area contributed by atoms with Crippen LogP contribution in [0.5, 0.6) is 0 Å². The lowest BCUT2D eigenvalue weighted by atomic mass is 9.91. The average molecular weight is 979 g/mol. The van der Waals surface area contributed by atoms with Crippen LogP contribution in [-0.2, 0) is 6.42 Å². The van der Waals surface area contributed by atoms with E-state index in [1.165, 1.54) is 48.8 Å². The Bertz CT molecular complexity index is 2540. The first-order valence-corrected chi connectivity index (χ1v) is 24.4. The lowest BCUT2D eigenvalue weighted by Gasteiger charge is -2.23. The van der Waals surface area contributed by atoms with E-state index in [2.05, 4.69) is 68.3 Å². The lowest BCUT2D eigenvalue weighted by molar-refractivity contribution is 0.101. The number of piperidine rings is 2. The molecule has 0 bridgehead atoms. The van der Waals surface area contributed by atoms with Gasteiger partial charge in [0.2, 0.25) is 0 Å². The van der Waals surface area contributed by atoms with Crippen LogP contribution >= 0.6 is 46.4 Å². The molecule has 3 amide bonds. The first kappa shape index (κ1) is 49.7. The second-order valence-electron chi connectivity index (χ2n) is 17.1. The second kappa shape index (κ2) is 25.2. The monoisotopic (exact) mass is 976 g/mol. The highest BCUT2D eigenvalue weighted by Crippen LogP contribution is 2.27. The maximum absolute atomic E-state index is 12.2. The molecule has 348 valence electrons. The van der Waals surface area contributed by atoms with E-state index in [0.717, 1.165) is 68.7 Å². The number of benzene rings is 6. The summed E-state index contributed by atoms with van der Waals surface area (Å²) in [5, 5.41) is 20.9. The fourth-order valence-electron chi connectivity index (χ4n) is 8.37. The molecule has 6 aromatic rings. The van der Waals surface area contributed by atoms with Crippen LogP contribution in [-0.4, -0.2) is 57.0 Å². The highest BCUT2D eigenvalue weighted by Gasteiger charge is 2.18. The molecule has 0 radical (unpaired) electrons. The molecule has 3 aliphatic heterocycles. The average Bonchev–Trinajstić information content (AvgIpc) is 3.88. The summed E-state index contributed by atoms with van der Waals surface area (Å²) in [5.74, 6) is 1.40. The Balaban J connectivity index is 0.000000149. The van der Waals surface area contributed by atoms with Gasteiger partial charge in [0, 0.05) is 56.9 Å². The third-order valence-electron chi connectivity index (χ3n) is 12.1. The molecule has 6 N–H and O–H groups in total. The van der Waals surface area contributed by atoms with Crippen LogP contribution in [0.25, 0.3) is 0 Å². The molecule has 67 heavy (non-hydrogen) atoms. The van der Waals surface area contributed by atoms with Gasteiger partial charge in [-0.1, -0.05) is 88.9 Å². The van der Waals surface area contributed by atoms with Crippen molar-refractivity contribution in [3.8, 4) is 0 Å². The van der Waals surface area contributed by atoms with Gasteiger partial charge in [-0.15, -0.1) is 0 Å². The van der Waals surface area contributed by atoms with Gasteiger partial charge in [0.05, 0.1) is 10.0 Å². The third kappa shape index (κ3) is 15.4. The molecule has 3 atom stereocenters. The van der Waals surface area contributed by atoms with Gasteiger partial charge in [-0.2, -0.15) is 0 Å². The zero-order chi connectivity index (χ0) is 47.0. The minimum absolute atomic E-state index is 0.121. The molecule has 9 rings (SSSR count). The third-order valence-corrected chi connectivity index (χ3v) is 13.4. The van der Waals surface area contributed by atoms with E-state index in [-0.39, 0.29) is 17.7 Å². The number of amides is 3. The summed E-state index contributed by atoms with van der Waals surface area (Å²) in [7, 11) is 0. The minimum atomic E-state index is -0.198. The van der Waals surface area contributed by atoms with Crippen LogP contribution in [0.4, 0.5) is 17.1 Å². The number of halogens is 4. The van der Waals surface area contributed by atoms with Gasteiger partial charge in [-0.05, 0) is 196 Å². The van der Waals surface area contributed by atoms with Gasteiger partial charge >= 0.3 is 0 Å². The SMILES string of the molecule is O=C(Nc1ccc(CC2CCNC2)cc1)c1ccc(Cl)cc1.O=C(Nc1ccc([C@H]2CCCNC2)cc1)c1ccc(Cl)c(Cl)c1.O=C(Nc1ccc([C@H]2CCCNC2)cc1)c1cccc(Cl)c1. The van der Waals surface area contributed by atoms with Crippen molar-refractivity contribution in [3.63, 3.8) is 0 Å². The summed E-state index contributed by atoms with van der Waals surface area (Å²) in [6, 6.07) is 43.0. The number of hydrogen-bond acceptors (Lipinski definition) is 6. The number of carbonyl (C=O) groups excluding carboxylic acids is 3. The van der Waals surface area contributed by atoms with Gasteiger partial charge in [-0.3, -0.25) is 14.4 Å². The van der Waals surface area contributed by atoms with Gasteiger partial charge < -0.3 is 31.9 Å². The number of carbonyl (C=O) groups is 3. The summed E-state index contributed by atoms with van der Waals surface area (Å²) in [5.41, 5.74) is 7.99. The van der Waals surface area contributed by atoms with Crippen molar-refractivity contribution in [1.82, 2.24) is 16.0 Å². The number of nitrogens with one attached hydrogen (secondary N) is 6. The Morgan fingerprint density at radius 2 is 0.955 bits per heavy atom. The first-order valence-electron chi connectivity index (χ1n) is 22.9. The maximum Gasteiger partial charge on any atom is 0.255 e. The van der Waals surface area contributed by atoms with Gasteiger partial charge in [-0.25, -0.2) is 0 Å². The fraction of sp³-hybridized carbons (Fsp3) is 0.278. The van der Waals surface area contributed by atoms with Crippen LogP contribution in [0.2, 0.25) is 20.1 Å². The normalized spacial score (nSPS) is 17.7. The van der Waals surface area contributed by atoms with E-state index in [0.29, 0.717) is 48.6 Å². The smallest absolute Gasteiger partial charge is 0.255 e. The van der Waals surface area contributed by atoms with Crippen molar-refractivity contribution in [2.45, 2.75) is 50.4 Å². The fourth-order valence-corrected chi connectivity index (χ4v) is 8.99. The predicted molar refractivity (Wildman–Crippen MR) is 277 cm³/mol. The summed E-state index contributed by atoms with van der Waals surface area (Å²) >= 11 is 23.6. The Morgan fingerprint density at radius 3 is 1.43 bits per heavy atom.